The SMILES string of the molecule is C=CCC1(NC(=O)OC(C)(C)C)CCCCC(C(=O)OCc2ccccc2)CCC1. The summed E-state index contributed by atoms with van der Waals surface area (Å²) in [5, 5.41) is 3.13. The van der Waals surface area contributed by atoms with E-state index in [1.165, 1.54) is 0 Å². The number of rotatable bonds is 6. The van der Waals surface area contributed by atoms with Gasteiger partial charge in [0.15, 0.2) is 0 Å². The number of ether oxygens (including phenoxy) is 2. The standard InChI is InChI=1S/C25H37NO4/c1-5-16-25(26-23(28)30-24(2,3)4)17-10-9-14-21(15-11-18-25)22(27)29-19-20-12-7-6-8-13-20/h5-8,12-13,21H,1,9-11,14-19H2,2-4H3,(H,26,28). The first-order valence-electron chi connectivity index (χ1n) is 11.1. The van der Waals surface area contributed by atoms with Crippen molar-refractivity contribution in [3.63, 3.8) is 0 Å². The van der Waals surface area contributed by atoms with Gasteiger partial charge in [0.1, 0.15) is 12.2 Å². The second-order valence-electron chi connectivity index (χ2n) is 9.33. The lowest BCUT2D eigenvalue weighted by Gasteiger charge is -2.35. The van der Waals surface area contributed by atoms with Crippen LogP contribution in [0.1, 0.15) is 77.7 Å². The number of esters is 1. The lowest BCUT2D eigenvalue weighted by Crippen LogP contribution is -2.49. The molecular weight excluding hydrogens is 378 g/mol. The predicted molar refractivity (Wildman–Crippen MR) is 119 cm³/mol. The molecule has 0 aromatic heterocycles. The van der Waals surface area contributed by atoms with Gasteiger partial charge in [0.05, 0.1) is 5.92 Å². The van der Waals surface area contributed by atoms with Crippen LogP contribution in [0.3, 0.4) is 0 Å². The van der Waals surface area contributed by atoms with Crippen molar-refractivity contribution in [3.05, 3.63) is 48.6 Å². The summed E-state index contributed by atoms with van der Waals surface area (Å²) in [7, 11) is 0. The second kappa shape index (κ2) is 11.2. The van der Waals surface area contributed by atoms with Gasteiger partial charge in [0.25, 0.3) is 0 Å². The zero-order valence-corrected chi connectivity index (χ0v) is 18.7. The van der Waals surface area contributed by atoms with E-state index in [1.54, 1.807) is 0 Å². The third-order valence-corrected chi connectivity index (χ3v) is 5.52. The summed E-state index contributed by atoms with van der Waals surface area (Å²) < 4.78 is 11.1. The topological polar surface area (TPSA) is 64.6 Å². The van der Waals surface area contributed by atoms with Crippen LogP contribution in [0.25, 0.3) is 0 Å². The molecule has 0 spiro atoms. The average molecular weight is 416 g/mol. The van der Waals surface area contributed by atoms with E-state index in [4.69, 9.17) is 9.47 Å². The molecule has 1 amide bonds. The summed E-state index contributed by atoms with van der Waals surface area (Å²) in [5.41, 5.74) is 0.0962. The molecule has 1 saturated carbocycles. The van der Waals surface area contributed by atoms with Gasteiger partial charge >= 0.3 is 12.1 Å². The Kier molecular flexibility index (Phi) is 8.94. The fraction of sp³-hybridized carbons (Fsp3) is 0.600. The van der Waals surface area contributed by atoms with E-state index in [-0.39, 0.29) is 23.5 Å². The van der Waals surface area contributed by atoms with Crippen LogP contribution in [0.5, 0.6) is 0 Å². The minimum absolute atomic E-state index is 0.0882. The summed E-state index contributed by atoms with van der Waals surface area (Å²) in [5.74, 6) is -0.204. The van der Waals surface area contributed by atoms with Gasteiger partial charge in [-0.3, -0.25) is 4.79 Å². The molecule has 0 aliphatic heterocycles. The molecule has 1 N–H and O–H groups in total. The van der Waals surface area contributed by atoms with Crippen molar-refractivity contribution in [2.45, 2.75) is 89.9 Å². The molecule has 0 saturated heterocycles. The van der Waals surface area contributed by atoms with E-state index in [2.05, 4.69) is 11.9 Å². The van der Waals surface area contributed by atoms with Gasteiger partial charge < -0.3 is 14.8 Å². The van der Waals surface area contributed by atoms with Crippen molar-refractivity contribution in [1.82, 2.24) is 5.32 Å². The lowest BCUT2D eigenvalue weighted by molar-refractivity contribution is -0.150. The van der Waals surface area contributed by atoms with Crippen molar-refractivity contribution < 1.29 is 19.1 Å². The third-order valence-electron chi connectivity index (χ3n) is 5.52. The summed E-state index contributed by atoms with van der Waals surface area (Å²) >= 11 is 0. The molecule has 0 bridgehead atoms. The molecule has 1 aliphatic rings. The maximum atomic E-state index is 12.6. The summed E-state index contributed by atoms with van der Waals surface area (Å²) in [6.07, 6.45) is 8.11. The molecule has 1 aromatic carbocycles. The highest BCUT2D eigenvalue weighted by atomic mass is 16.6. The van der Waals surface area contributed by atoms with Crippen LogP contribution in [0.4, 0.5) is 4.79 Å². The first-order chi connectivity index (χ1) is 14.2. The Labute approximate surface area is 181 Å². The van der Waals surface area contributed by atoms with E-state index >= 15 is 0 Å². The van der Waals surface area contributed by atoms with Crippen molar-refractivity contribution >= 4 is 12.1 Å². The highest BCUT2D eigenvalue weighted by Crippen LogP contribution is 2.32. The fourth-order valence-corrected chi connectivity index (χ4v) is 4.07. The Hall–Kier alpha value is -2.30. The van der Waals surface area contributed by atoms with Crippen molar-refractivity contribution in [2.75, 3.05) is 0 Å². The molecule has 5 nitrogen and oxygen atoms in total. The molecule has 5 heteroatoms. The zero-order valence-electron chi connectivity index (χ0n) is 18.7. The Balaban J connectivity index is 1.95. The Morgan fingerprint density at radius 1 is 1.13 bits per heavy atom. The minimum atomic E-state index is -0.536. The molecular formula is C25H37NO4. The Morgan fingerprint density at radius 3 is 2.47 bits per heavy atom. The van der Waals surface area contributed by atoms with Crippen LogP contribution >= 0.6 is 0 Å². The highest BCUT2D eigenvalue weighted by Gasteiger charge is 2.34. The average Bonchev–Trinajstić information content (AvgIpc) is 2.76. The normalized spacial score (nSPS) is 22.7. The summed E-state index contributed by atoms with van der Waals surface area (Å²) in [4.78, 5) is 25.1. The number of hydrogen-bond donors (Lipinski definition) is 1. The number of amides is 1. The van der Waals surface area contributed by atoms with E-state index in [1.807, 2.05) is 57.2 Å². The first kappa shape index (κ1) is 24.0. The van der Waals surface area contributed by atoms with Gasteiger partial charge in [0, 0.05) is 5.54 Å². The van der Waals surface area contributed by atoms with Gasteiger partial charge in [-0.15, -0.1) is 6.58 Å². The monoisotopic (exact) mass is 415 g/mol. The van der Waals surface area contributed by atoms with Gasteiger partial charge in [0.2, 0.25) is 0 Å². The lowest BCUT2D eigenvalue weighted by atomic mass is 9.84. The number of alkyl carbamates (subject to hydrolysis) is 1. The van der Waals surface area contributed by atoms with E-state index < -0.39 is 5.60 Å². The number of carbonyl (C=O) groups excluding carboxylic acids is 2. The van der Waals surface area contributed by atoms with Crippen LogP contribution in [0.15, 0.2) is 43.0 Å². The molecule has 0 heterocycles. The number of carbonyl (C=O) groups is 2. The molecule has 2 unspecified atom stereocenters. The highest BCUT2D eigenvalue weighted by molar-refractivity contribution is 5.72. The van der Waals surface area contributed by atoms with Gasteiger partial charge in [-0.1, -0.05) is 55.7 Å². The van der Waals surface area contributed by atoms with Gasteiger partial charge in [-0.05, 0) is 58.4 Å². The van der Waals surface area contributed by atoms with Crippen LogP contribution < -0.4 is 5.32 Å². The maximum Gasteiger partial charge on any atom is 0.408 e. The number of nitrogens with one attached hydrogen (secondary N) is 1. The van der Waals surface area contributed by atoms with Crippen LogP contribution in [0.2, 0.25) is 0 Å². The Morgan fingerprint density at radius 2 is 1.80 bits per heavy atom. The Bertz CT molecular complexity index is 695. The summed E-state index contributed by atoms with van der Waals surface area (Å²) in [6.45, 7) is 9.79. The van der Waals surface area contributed by atoms with Gasteiger partial charge in [-0.25, -0.2) is 4.79 Å². The third kappa shape index (κ3) is 8.21. The molecule has 2 rings (SSSR count). The second-order valence-corrected chi connectivity index (χ2v) is 9.33. The molecule has 1 fully saturated rings. The molecule has 166 valence electrons. The quantitative estimate of drug-likeness (QED) is 0.462. The first-order valence-corrected chi connectivity index (χ1v) is 11.1. The van der Waals surface area contributed by atoms with E-state index in [0.717, 1.165) is 50.5 Å². The van der Waals surface area contributed by atoms with Gasteiger partial charge in [-0.2, -0.15) is 0 Å². The molecule has 1 aromatic rings. The van der Waals surface area contributed by atoms with E-state index in [9.17, 15) is 9.59 Å². The maximum absolute atomic E-state index is 12.6. The van der Waals surface area contributed by atoms with Crippen LogP contribution in [0, 0.1) is 5.92 Å². The molecule has 1 aliphatic carbocycles. The fourth-order valence-electron chi connectivity index (χ4n) is 4.07. The number of benzene rings is 1. The zero-order chi connectivity index (χ0) is 22.0. The number of hydrogen-bond acceptors (Lipinski definition) is 4. The van der Waals surface area contributed by atoms with Crippen LogP contribution in [-0.4, -0.2) is 23.2 Å². The van der Waals surface area contributed by atoms with Crippen molar-refractivity contribution in [2.24, 2.45) is 5.92 Å². The van der Waals surface area contributed by atoms with Crippen molar-refractivity contribution in [3.8, 4) is 0 Å². The smallest absolute Gasteiger partial charge is 0.408 e. The minimum Gasteiger partial charge on any atom is -0.461 e. The predicted octanol–water partition coefficient (Wildman–Crippen LogP) is 5.93. The summed E-state index contributed by atoms with van der Waals surface area (Å²) in [6, 6.07) is 9.76. The molecule has 30 heavy (non-hydrogen) atoms. The van der Waals surface area contributed by atoms with Crippen molar-refractivity contribution in [1.29, 1.82) is 0 Å². The van der Waals surface area contributed by atoms with E-state index in [0.29, 0.717) is 13.0 Å². The molecule has 0 radical (unpaired) electrons. The van der Waals surface area contributed by atoms with Crippen LogP contribution in [-0.2, 0) is 20.9 Å². The molecule has 2 atom stereocenters. The largest absolute Gasteiger partial charge is 0.461 e.